The number of hydrogen-bond acceptors (Lipinski definition) is 0. The van der Waals surface area contributed by atoms with Crippen LogP contribution < -0.4 is 0 Å². The van der Waals surface area contributed by atoms with Crippen molar-refractivity contribution in [2.24, 2.45) is 5.92 Å². The molecule has 0 nitrogen and oxygen atoms in total. The summed E-state index contributed by atoms with van der Waals surface area (Å²) in [6.45, 7) is 4.42. The number of aryl methyl sites for hydroxylation is 2. The zero-order valence-corrected chi connectivity index (χ0v) is 20.4. The average Bonchev–Trinajstić information content (AvgIpc) is 2.86. The minimum Gasteiger partial charge on any atom is -0.207 e. The number of rotatable bonds is 9. The zero-order chi connectivity index (χ0) is 23.0. The average molecular weight is 443 g/mol. The van der Waals surface area contributed by atoms with E-state index in [2.05, 4.69) is 74.5 Å². The molecule has 0 aliphatic heterocycles. The Labute approximate surface area is 200 Å². The topological polar surface area (TPSA) is 0 Å². The first-order chi connectivity index (χ1) is 16.1. The summed E-state index contributed by atoms with van der Waals surface area (Å²) in [5.41, 5.74) is 6.38. The van der Waals surface area contributed by atoms with E-state index in [-0.39, 0.29) is 5.82 Å². The molecule has 33 heavy (non-hydrogen) atoms. The van der Waals surface area contributed by atoms with Crippen molar-refractivity contribution in [1.82, 2.24) is 0 Å². The van der Waals surface area contributed by atoms with Crippen LogP contribution in [-0.2, 0) is 19.3 Å². The Hall–Kier alpha value is -2.41. The summed E-state index contributed by atoms with van der Waals surface area (Å²) in [5.74, 6) is 2.02. The fourth-order valence-corrected chi connectivity index (χ4v) is 5.55. The standard InChI is InChI=1S/C32H39F/c1-3-7-31-21-16-27(23-32(31)33)11-10-25-12-17-29(18-13-25)30-19-14-26(15-20-30)22-24(2)28-8-5-4-6-9-28/h4-6,8-9,14-16,19-21,23-25,29H,3,7,10-13,17-18,22H2,1-2H3/t24-,25?,29?/m1/s1. The van der Waals surface area contributed by atoms with Gasteiger partial charge in [-0.15, -0.1) is 0 Å². The molecule has 174 valence electrons. The molecular formula is C32H39F. The van der Waals surface area contributed by atoms with E-state index in [1.54, 1.807) is 6.07 Å². The molecule has 1 aliphatic carbocycles. The van der Waals surface area contributed by atoms with Crippen LogP contribution in [0.1, 0.15) is 92.0 Å². The molecule has 3 aromatic carbocycles. The summed E-state index contributed by atoms with van der Waals surface area (Å²) >= 11 is 0. The molecule has 0 saturated heterocycles. The third-order valence-electron chi connectivity index (χ3n) is 7.69. The Bertz CT molecular complexity index is 981. The molecule has 4 rings (SSSR count). The van der Waals surface area contributed by atoms with Gasteiger partial charge in [0.1, 0.15) is 5.82 Å². The molecule has 3 aromatic rings. The maximum absolute atomic E-state index is 14.2. The SMILES string of the molecule is CCCc1ccc(CCC2CCC(c3ccc(C[C@@H](C)c4ccccc4)cc3)CC2)cc1F. The summed E-state index contributed by atoms with van der Waals surface area (Å²) in [6.07, 6.45) is 10.3. The molecule has 1 saturated carbocycles. The van der Waals surface area contributed by atoms with E-state index in [0.717, 1.165) is 42.7 Å². The van der Waals surface area contributed by atoms with Crippen molar-refractivity contribution in [1.29, 1.82) is 0 Å². The van der Waals surface area contributed by atoms with Gasteiger partial charge in [-0.1, -0.05) is 87.0 Å². The predicted molar refractivity (Wildman–Crippen MR) is 138 cm³/mol. The van der Waals surface area contributed by atoms with Crippen LogP contribution in [0.4, 0.5) is 4.39 Å². The third kappa shape index (κ3) is 6.56. The van der Waals surface area contributed by atoms with E-state index in [1.165, 1.54) is 48.8 Å². The highest BCUT2D eigenvalue weighted by atomic mass is 19.1. The van der Waals surface area contributed by atoms with Gasteiger partial charge in [-0.2, -0.15) is 0 Å². The monoisotopic (exact) mass is 442 g/mol. The Kier molecular flexibility index (Phi) is 8.37. The quantitative estimate of drug-likeness (QED) is 0.310. The molecule has 1 aliphatic rings. The van der Waals surface area contributed by atoms with Crippen LogP contribution in [0.2, 0.25) is 0 Å². The Morgan fingerprint density at radius 3 is 2.18 bits per heavy atom. The molecule has 1 heteroatoms. The fourth-order valence-electron chi connectivity index (χ4n) is 5.55. The highest BCUT2D eigenvalue weighted by Crippen LogP contribution is 2.38. The van der Waals surface area contributed by atoms with Gasteiger partial charge >= 0.3 is 0 Å². The summed E-state index contributed by atoms with van der Waals surface area (Å²) in [6, 6.07) is 26.2. The van der Waals surface area contributed by atoms with E-state index in [9.17, 15) is 4.39 Å². The lowest BCUT2D eigenvalue weighted by molar-refractivity contribution is 0.310. The molecule has 0 bridgehead atoms. The van der Waals surface area contributed by atoms with Gasteiger partial charge in [-0.3, -0.25) is 0 Å². The van der Waals surface area contributed by atoms with Crippen molar-refractivity contribution in [2.75, 3.05) is 0 Å². The van der Waals surface area contributed by atoms with Gasteiger partial charge in [-0.25, -0.2) is 4.39 Å². The van der Waals surface area contributed by atoms with Gasteiger partial charge in [0.15, 0.2) is 0 Å². The second-order valence-electron chi connectivity index (χ2n) is 10.2. The van der Waals surface area contributed by atoms with Crippen LogP contribution in [0.25, 0.3) is 0 Å². The van der Waals surface area contributed by atoms with Gasteiger partial charge in [0.2, 0.25) is 0 Å². The fraction of sp³-hybridized carbons (Fsp3) is 0.438. The van der Waals surface area contributed by atoms with E-state index in [0.29, 0.717) is 11.8 Å². The molecule has 0 aromatic heterocycles. The van der Waals surface area contributed by atoms with E-state index < -0.39 is 0 Å². The van der Waals surface area contributed by atoms with Gasteiger partial charge in [0, 0.05) is 0 Å². The predicted octanol–water partition coefficient (Wildman–Crippen LogP) is 9.03. The van der Waals surface area contributed by atoms with Crippen LogP contribution in [0.15, 0.2) is 72.8 Å². The maximum atomic E-state index is 14.2. The molecule has 0 radical (unpaired) electrons. The Morgan fingerprint density at radius 1 is 0.818 bits per heavy atom. The van der Waals surface area contributed by atoms with Crippen LogP contribution in [0.5, 0.6) is 0 Å². The molecule has 1 fully saturated rings. The summed E-state index contributed by atoms with van der Waals surface area (Å²) in [4.78, 5) is 0. The molecule has 0 amide bonds. The minimum atomic E-state index is -0.0142. The van der Waals surface area contributed by atoms with E-state index in [4.69, 9.17) is 0 Å². The number of benzene rings is 3. The van der Waals surface area contributed by atoms with Crippen molar-refractivity contribution >= 4 is 0 Å². The largest absolute Gasteiger partial charge is 0.207 e. The molecule has 0 spiro atoms. The lowest BCUT2D eigenvalue weighted by atomic mass is 9.76. The first kappa shape index (κ1) is 23.7. The van der Waals surface area contributed by atoms with Crippen LogP contribution in [0.3, 0.4) is 0 Å². The first-order valence-corrected chi connectivity index (χ1v) is 13.0. The molecular weight excluding hydrogens is 403 g/mol. The highest BCUT2D eigenvalue weighted by molar-refractivity contribution is 5.29. The van der Waals surface area contributed by atoms with E-state index in [1.807, 2.05) is 6.07 Å². The molecule has 0 N–H and O–H groups in total. The Morgan fingerprint density at radius 2 is 1.52 bits per heavy atom. The van der Waals surface area contributed by atoms with Gasteiger partial charge in [0.25, 0.3) is 0 Å². The van der Waals surface area contributed by atoms with Crippen molar-refractivity contribution < 1.29 is 4.39 Å². The summed E-state index contributed by atoms with van der Waals surface area (Å²) in [5, 5.41) is 0. The minimum absolute atomic E-state index is 0.0142. The summed E-state index contributed by atoms with van der Waals surface area (Å²) < 4.78 is 14.2. The van der Waals surface area contributed by atoms with Crippen molar-refractivity contribution in [3.8, 4) is 0 Å². The lowest BCUT2D eigenvalue weighted by Gasteiger charge is -2.29. The second-order valence-corrected chi connectivity index (χ2v) is 10.2. The highest BCUT2D eigenvalue weighted by Gasteiger charge is 2.22. The van der Waals surface area contributed by atoms with Gasteiger partial charge in [-0.05, 0) is 103 Å². The number of halogens is 1. The van der Waals surface area contributed by atoms with Crippen molar-refractivity contribution in [2.45, 2.75) is 83.5 Å². The summed E-state index contributed by atoms with van der Waals surface area (Å²) in [7, 11) is 0. The number of hydrogen-bond donors (Lipinski definition) is 0. The Balaban J connectivity index is 1.24. The van der Waals surface area contributed by atoms with E-state index >= 15 is 0 Å². The zero-order valence-electron chi connectivity index (χ0n) is 20.4. The van der Waals surface area contributed by atoms with Crippen molar-refractivity contribution in [3.05, 3.63) is 106 Å². The van der Waals surface area contributed by atoms with Gasteiger partial charge < -0.3 is 0 Å². The van der Waals surface area contributed by atoms with Crippen LogP contribution >= 0.6 is 0 Å². The molecule has 0 heterocycles. The lowest BCUT2D eigenvalue weighted by Crippen LogP contribution is -2.14. The van der Waals surface area contributed by atoms with Crippen molar-refractivity contribution in [3.63, 3.8) is 0 Å². The van der Waals surface area contributed by atoms with Crippen LogP contribution in [0, 0.1) is 11.7 Å². The molecule has 1 atom stereocenters. The third-order valence-corrected chi connectivity index (χ3v) is 7.69. The smallest absolute Gasteiger partial charge is 0.126 e. The van der Waals surface area contributed by atoms with Gasteiger partial charge in [0.05, 0.1) is 0 Å². The van der Waals surface area contributed by atoms with Crippen LogP contribution in [-0.4, -0.2) is 0 Å². The second kappa shape index (κ2) is 11.6. The maximum Gasteiger partial charge on any atom is 0.126 e. The molecule has 0 unspecified atom stereocenters. The first-order valence-electron chi connectivity index (χ1n) is 13.0. The normalized spacial score (nSPS) is 19.4.